The van der Waals surface area contributed by atoms with Gasteiger partial charge in [0, 0.05) is 11.8 Å². The predicted molar refractivity (Wildman–Crippen MR) is 128 cm³/mol. The van der Waals surface area contributed by atoms with E-state index in [4.69, 9.17) is 18.5 Å². The maximum absolute atomic E-state index is 13.6. The number of rotatable bonds is 9. The molecule has 1 aromatic heterocycles. The largest absolute Gasteiger partial charge is 0.459 e. The van der Waals surface area contributed by atoms with Crippen molar-refractivity contribution in [2.45, 2.75) is 58.6 Å². The van der Waals surface area contributed by atoms with E-state index in [9.17, 15) is 18.9 Å². The zero-order chi connectivity index (χ0) is 25.8. The van der Waals surface area contributed by atoms with E-state index in [2.05, 4.69) is 10.1 Å². The standard InChI is InChI=1S/C23H30N3O8P/c1-15-13-26(22(29)24-20(15)27)19-12-11-18(32-19)14-31-35(30,34-17-9-7-6-8-10-17)25-16(2)21(28)33-23(3,4)5/h6-13,16,18-19H,14H2,1-5H3,(H,25,30)(H,24,27,29)/t16?,18-,19+,35?/m0/s1. The molecule has 2 aromatic rings. The number of esters is 1. The predicted octanol–water partition coefficient (Wildman–Crippen LogP) is 2.82. The van der Waals surface area contributed by atoms with E-state index in [1.54, 1.807) is 70.2 Å². The summed E-state index contributed by atoms with van der Waals surface area (Å²) in [6.07, 6.45) is 3.20. The first-order valence-electron chi connectivity index (χ1n) is 11.0. The number of nitrogens with zero attached hydrogens (tertiary/aromatic N) is 1. The number of aryl methyl sites for hydroxylation is 1. The average molecular weight is 507 g/mol. The molecule has 3 rings (SSSR count). The molecular formula is C23H30N3O8P. The molecular weight excluding hydrogens is 477 g/mol. The lowest BCUT2D eigenvalue weighted by molar-refractivity contribution is -0.156. The number of hydrogen-bond acceptors (Lipinski definition) is 8. The van der Waals surface area contributed by atoms with Crippen LogP contribution in [-0.2, 0) is 23.4 Å². The van der Waals surface area contributed by atoms with Crippen molar-refractivity contribution < 1.29 is 27.9 Å². The molecule has 12 heteroatoms. The fourth-order valence-corrected chi connectivity index (χ4v) is 4.58. The van der Waals surface area contributed by atoms with Crippen LogP contribution in [0.4, 0.5) is 0 Å². The number of carbonyl (C=O) groups excluding carboxylic acids is 1. The minimum atomic E-state index is -4.07. The van der Waals surface area contributed by atoms with Gasteiger partial charge in [0.25, 0.3) is 5.56 Å². The molecule has 1 aliphatic rings. The molecule has 0 fully saturated rings. The molecule has 1 aromatic carbocycles. The van der Waals surface area contributed by atoms with Crippen LogP contribution in [0, 0.1) is 6.92 Å². The quantitative estimate of drug-likeness (QED) is 0.298. The van der Waals surface area contributed by atoms with E-state index in [0.29, 0.717) is 5.56 Å². The lowest BCUT2D eigenvalue weighted by Gasteiger charge is -2.26. The van der Waals surface area contributed by atoms with Crippen LogP contribution < -0.4 is 20.9 Å². The highest BCUT2D eigenvalue weighted by atomic mass is 31.2. The molecule has 0 amide bonds. The Morgan fingerprint density at radius 3 is 2.57 bits per heavy atom. The van der Waals surface area contributed by atoms with Crippen molar-refractivity contribution in [3.63, 3.8) is 0 Å². The number of carbonyl (C=O) groups is 1. The first-order valence-corrected chi connectivity index (χ1v) is 12.6. The third-order valence-electron chi connectivity index (χ3n) is 4.71. The van der Waals surface area contributed by atoms with E-state index in [0.717, 1.165) is 0 Å². The zero-order valence-corrected chi connectivity index (χ0v) is 21.1. The van der Waals surface area contributed by atoms with Gasteiger partial charge < -0.3 is 14.0 Å². The first-order chi connectivity index (χ1) is 16.3. The molecule has 2 N–H and O–H groups in total. The van der Waals surface area contributed by atoms with Crippen LogP contribution in [-0.4, -0.2) is 39.9 Å². The second kappa shape index (κ2) is 10.7. The molecule has 0 spiro atoms. The Morgan fingerprint density at radius 1 is 1.23 bits per heavy atom. The molecule has 2 unspecified atom stereocenters. The van der Waals surface area contributed by atoms with Gasteiger partial charge in [-0.15, -0.1) is 0 Å². The molecule has 0 aliphatic carbocycles. The number of nitrogens with one attached hydrogen (secondary N) is 2. The summed E-state index contributed by atoms with van der Waals surface area (Å²) in [7, 11) is -4.07. The number of benzene rings is 1. The summed E-state index contributed by atoms with van der Waals surface area (Å²) in [5, 5.41) is 2.62. The molecule has 190 valence electrons. The van der Waals surface area contributed by atoms with Crippen LogP contribution in [0.3, 0.4) is 0 Å². The number of ether oxygens (including phenoxy) is 2. The second-order valence-corrected chi connectivity index (χ2v) is 10.7. The SMILES string of the molecule is Cc1cn([C@H]2C=C[C@@H](COP(=O)(NC(C)C(=O)OC(C)(C)C)Oc3ccccc3)O2)c(=O)[nH]c1=O. The van der Waals surface area contributed by atoms with E-state index in [1.807, 2.05) is 0 Å². The van der Waals surface area contributed by atoms with Crippen molar-refractivity contribution >= 4 is 13.7 Å². The van der Waals surface area contributed by atoms with E-state index < -0.39 is 48.9 Å². The third kappa shape index (κ3) is 7.50. The van der Waals surface area contributed by atoms with Crippen molar-refractivity contribution in [2.75, 3.05) is 6.61 Å². The molecule has 0 saturated carbocycles. The van der Waals surface area contributed by atoms with Crippen LogP contribution in [0.2, 0.25) is 0 Å². The summed E-state index contributed by atoms with van der Waals surface area (Å²) in [6, 6.07) is 7.38. The maximum atomic E-state index is 13.6. The summed E-state index contributed by atoms with van der Waals surface area (Å²) in [4.78, 5) is 38.4. The smallest absolute Gasteiger partial charge is 0.459 e. The number of para-hydroxylation sites is 1. The molecule has 11 nitrogen and oxygen atoms in total. The van der Waals surface area contributed by atoms with Crippen molar-refractivity contribution in [3.05, 3.63) is 75.1 Å². The van der Waals surface area contributed by atoms with Crippen molar-refractivity contribution in [1.82, 2.24) is 14.6 Å². The summed E-state index contributed by atoms with van der Waals surface area (Å²) in [5.41, 5.74) is -1.48. The Labute approximate surface area is 202 Å². The number of hydrogen-bond donors (Lipinski definition) is 2. The Kier molecular flexibility index (Phi) is 8.17. The Hall–Kier alpha value is -2.98. The van der Waals surface area contributed by atoms with Gasteiger partial charge >= 0.3 is 19.4 Å². The van der Waals surface area contributed by atoms with Crippen molar-refractivity contribution in [1.29, 1.82) is 0 Å². The molecule has 1 aliphatic heterocycles. The molecule has 0 bridgehead atoms. The minimum absolute atomic E-state index is 0.206. The van der Waals surface area contributed by atoms with Gasteiger partial charge in [-0.2, -0.15) is 5.09 Å². The second-order valence-electron chi connectivity index (χ2n) is 9.01. The van der Waals surface area contributed by atoms with E-state index in [-0.39, 0.29) is 12.4 Å². The fraction of sp³-hybridized carbons (Fsp3) is 0.435. The molecule has 35 heavy (non-hydrogen) atoms. The van der Waals surface area contributed by atoms with Crippen molar-refractivity contribution in [2.24, 2.45) is 0 Å². The van der Waals surface area contributed by atoms with Crippen LogP contribution in [0.5, 0.6) is 5.75 Å². The minimum Gasteiger partial charge on any atom is -0.459 e. The van der Waals surface area contributed by atoms with Crippen molar-refractivity contribution in [3.8, 4) is 5.75 Å². The Balaban J connectivity index is 1.70. The summed E-state index contributed by atoms with van der Waals surface area (Å²) < 4.78 is 37.2. The molecule has 4 atom stereocenters. The molecule has 0 saturated heterocycles. The van der Waals surface area contributed by atoms with Gasteiger partial charge in [-0.1, -0.05) is 24.3 Å². The summed E-state index contributed by atoms with van der Waals surface area (Å²) in [6.45, 7) is 8.03. The van der Waals surface area contributed by atoms with Gasteiger partial charge in [0.2, 0.25) is 0 Å². The van der Waals surface area contributed by atoms with Gasteiger partial charge in [-0.25, -0.2) is 9.36 Å². The zero-order valence-electron chi connectivity index (χ0n) is 20.2. The normalized spacial score (nSPS) is 20.3. The third-order valence-corrected chi connectivity index (χ3v) is 6.36. The number of H-pyrrole nitrogens is 1. The topological polar surface area (TPSA) is 138 Å². The average Bonchev–Trinajstić information content (AvgIpc) is 3.23. The lowest BCUT2D eigenvalue weighted by atomic mass is 10.2. The Morgan fingerprint density at radius 2 is 1.91 bits per heavy atom. The van der Waals surface area contributed by atoms with Gasteiger partial charge in [0.15, 0.2) is 6.23 Å². The van der Waals surface area contributed by atoms with E-state index >= 15 is 0 Å². The molecule has 2 heterocycles. The first kappa shape index (κ1) is 26.6. The van der Waals surface area contributed by atoms with Gasteiger partial charge in [-0.05, 0) is 52.8 Å². The van der Waals surface area contributed by atoms with Gasteiger partial charge in [-0.3, -0.25) is 23.7 Å². The monoisotopic (exact) mass is 507 g/mol. The van der Waals surface area contributed by atoms with Crippen LogP contribution in [0.25, 0.3) is 0 Å². The summed E-state index contributed by atoms with van der Waals surface area (Å²) in [5.74, 6) is -0.348. The van der Waals surface area contributed by atoms with Gasteiger partial charge in [0.1, 0.15) is 23.5 Å². The highest BCUT2D eigenvalue weighted by Crippen LogP contribution is 2.45. The van der Waals surface area contributed by atoms with Crippen LogP contribution in [0.15, 0.2) is 58.3 Å². The highest BCUT2D eigenvalue weighted by Gasteiger charge is 2.35. The highest BCUT2D eigenvalue weighted by molar-refractivity contribution is 7.52. The van der Waals surface area contributed by atoms with Crippen LogP contribution in [0.1, 0.15) is 39.5 Å². The molecule has 0 radical (unpaired) electrons. The van der Waals surface area contributed by atoms with Gasteiger partial charge in [0.05, 0.1) is 6.61 Å². The number of aromatic amines is 1. The van der Waals surface area contributed by atoms with Crippen LogP contribution >= 0.6 is 7.75 Å². The lowest BCUT2D eigenvalue weighted by Crippen LogP contribution is -2.39. The number of aromatic nitrogens is 2. The Bertz CT molecular complexity index is 1230. The fourth-order valence-electron chi connectivity index (χ4n) is 3.08. The summed E-state index contributed by atoms with van der Waals surface area (Å²) >= 11 is 0. The van der Waals surface area contributed by atoms with E-state index in [1.165, 1.54) is 17.7 Å². The maximum Gasteiger partial charge on any atom is 0.459 e.